The van der Waals surface area contributed by atoms with Gasteiger partial charge in [0.2, 0.25) is 5.91 Å². The summed E-state index contributed by atoms with van der Waals surface area (Å²) in [6, 6.07) is 4.20. The molecular formula is C25H26N8O2. The molecular weight excluding hydrogens is 444 g/mol. The summed E-state index contributed by atoms with van der Waals surface area (Å²) in [7, 11) is 0. The number of carbonyl (C=O) groups is 2. The standard InChI is InChI=1S/C25H26N8O2/c1-13(34)21-22(16-9-17-4-5-18(10-16)32(17)14(2)35)31-25-19(12-30-33(25)23(21)26)15-3-6-20(29-11-15)24-27-7-8-28-24/h3,6-8,11-12,16-18H,4-5,9-10,26H2,1-2H3,(H,27,28)/t16-,17+,18-. The number of hydrogen-bond acceptors (Lipinski definition) is 7. The van der Waals surface area contributed by atoms with Crippen LogP contribution in [0.1, 0.15) is 61.5 Å². The number of ketones is 1. The molecule has 0 unspecified atom stereocenters. The first-order valence-electron chi connectivity index (χ1n) is 11.9. The van der Waals surface area contributed by atoms with Crippen molar-refractivity contribution in [1.82, 2.24) is 34.4 Å². The molecule has 10 nitrogen and oxygen atoms in total. The van der Waals surface area contributed by atoms with Crippen molar-refractivity contribution in [3.63, 3.8) is 0 Å². The highest BCUT2D eigenvalue weighted by atomic mass is 16.2. The van der Waals surface area contributed by atoms with E-state index in [4.69, 9.17) is 10.7 Å². The van der Waals surface area contributed by atoms with Crippen LogP contribution >= 0.6 is 0 Å². The van der Waals surface area contributed by atoms with Crippen LogP contribution < -0.4 is 5.73 Å². The largest absolute Gasteiger partial charge is 0.383 e. The van der Waals surface area contributed by atoms with Gasteiger partial charge in [-0.2, -0.15) is 9.61 Å². The van der Waals surface area contributed by atoms with Crippen molar-refractivity contribution in [3.05, 3.63) is 48.2 Å². The summed E-state index contributed by atoms with van der Waals surface area (Å²) < 4.78 is 1.54. The molecule has 0 aromatic carbocycles. The van der Waals surface area contributed by atoms with Crippen molar-refractivity contribution in [2.24, 2.45) is 0 Å². The zero-order valence-corrected chi connectivity index (χ0v) is 19.6. The second kappa shape index (κ2) is 8.00. The number of H-pyrrole nitrogens is 1. The number of amides is 1. The maximum atomic E-state index is 12.7. The molecule has 4 aromatic heterocycles. The Kier molecular flexibility index (Phi) is 4.91. The quantitative estimate of drug-likeness (QED) is 0.437. The van der Waals surface area contributed by atoms with Crippen molar-refractivity contribution in [2.75, 3.05) is 5.73 Å². The highest BCUT2D eigenvalue weighted by Crippen LogP contribution is 2.44. The number of nitrogens with two attached hydrogens (primary N) is 1. The Hall–Kier alpha value is -4.08. The molecule has 0 aliphatic carbocycles. The number of fused-ring (bicyclic) bond motifs is 3. The molecule has 0 saturated carbocycles. The zero-order valence-electron chi connectivity index (χ0n) is 19.6. The topological polar surface area (TPSA) is 135 Å². The molecule has 2 fully saturated rings. The average molecular weight is 471 g/mol. The summed E-state index contributed by atoms with van der Waals surface area (Å²) in [5.74, 6) is 1.03. The molecule has 10 heteroatoms. The minimum atomic E-state index is -0.130. The second-order valence-corrected chi connectivity index (χ2v) is 9.46. The van der Waals surface area contributed by atoms with Gasteiger partial charge in [-0.05, 0) is 38.7 Å². The van der Waals surface area contributed by atoms with Crippen molar-refractivity contribution in [1.29, 1.82) is 0 Å². The van der Waals surface area contributed by atoms with Crippen molar-refractivity contribution >= 4 is 23.2 Å². The first-order valence-corrected chi connectivity index (χ1v) is 11.9. The van der Waals surface area contributed by atoms with Gasteiger partial charge >= 0.3 is 0 Å². The second-order valence-electron chi connectivity index (χ2n) is 9.46. The van der Waals surface area contributed by atoms with Crippen molar-refractivity contribution in [3.8, 4) is 22.6 Å². The van der Waals surface area contributed by atoms with Crippen LogP contribution in [0.5, 0.6) is 0 Å². The van der Waals surface area contributed by atoms with Crippen molar-refractivity contribution < 1.29 is 9.59 Å². The van der Waals surface area contributed by atoms with Gasteiger partial charge in [0.15, 0.2) is 17.3 Å². The maximum absolute atomic E-state index is 12.7. The van der Waals surface area contributed by atoms with E-state index in [2.05, 4.69) is 20.1 Å². The Morgan fingerprint density at radius 2 is 1.86 bits per heavy atom. The molecule has 2 bridgehead atoms. The van der Waals surface area contributed by atoms with E-state index < -0.39 is 0 Å². The summed E-state index contributed by atoms with van der Waals surface area (Å²) in [5, 5.41) is 4.45. The van der Waals surface area contributed by atoms with Crippen LogP contribution in [0.4, 0.5) is 5.82 Å². The van der Waals surface area contributed by atoms with Gasteiger partial charge in [-0.25, -0.2) is 9.97 Å². The van der Waals surface area contributed by atoms with E-state index in [1.165, 1.54) is 11.4 Å². The number of aromatic nitrogens is 6. The average Bonchev–Trinajstić information content (AvgIpc) is 3.57. The number of rotatable bonds is 4. The number of hydrogen-bond donors (Lipinski definition) is 2. The molecule has 178 valence electrons. The Morgan fingerprint density at radius 1 is 1.09 bits per heavy atom. The fourth-order valence-electron chi connectivity index (χ4n) is 5.91. The van der Waals surface area contributed by atoms with E-state index in [1.807, 2.05) is 17.0 Å². The number of pyridine rings is 1. The van der Waals surface area contributed by atoms with Crippen LogP contribution in [0.25, 0.3) is 28.3 Å². The molecule has 35 heavy (non-hydrogen) atoms. The first-order chi connectivity index (χ1) is 16.9. The third-order valence-corrected chi connectivity index (χ3v) is 7.36. The van der Waals surface area contributed by atoms with Crippen molar-refractivity contribution in [2.45, 2.75) is 57.5 Å². The minimum absolute atomic E-state index is 0.0523. The van der Waals surface area contributed by atoms with Crippen LogP contribution in [0.15, 0.2) is 36.9 Å². The van der Waals surface area contributed by atoms with E-state index >= 15 is 0 Å². The lowest BCUT2D eigenvalue weighted by molar-refractivity contribution is -0.133. The Bertz CT molecular complexity index is 1430. The van der Waals surface area contributed by atoms with Crippen LogP contribution in [-0.4, -0.2) is 58.2 Å². The van der Waals surface area contributed by atoms with Crippen LogP contribution in [-0.2, 0) is 4.79 Å². The Morgan fingerprint density at radius 3 is 2.46 bits per heavy atom. The van der Waals surface area contributed by atoms with E-state index in [9.17, 15) is 9.59 Å². The number of anilines is 1. The summed E-state index contributed by atoms with van der Waals surface area (Å²) in [6.07, 6.45) is 10.4. The number of Topliss-reactive ketones (excluding diaryl/α,β-unsaturated/α-hetero) is 1. The number of imidazole rings is 1. The summed E-state index contributed by atoms with van der Waals surface area (Å²) in [4.78, 5) is 43.7. The predicted molar refractivity (Wildman–Crippen MR) is 130 cm³/mol. The molecule has 2 saturated heterocycles. The lowest BCUT2D eigenvalue weighted by atomic mass is 9.85. The van der Waals surface area contributed by atoms with E-state index in [0.717, 1.165) is 42.5 Å². The highest BCUT2D eigenvalue weighted by Gasteiger charge is 2.44. The molecule has 0 radical (unpaired) electrons. The molecule has 2 aliphatic heterocycles. The van der Waals surface area contributed by atoms with Crippen LogP contribution in [0, 0.1) is 0 Å². The summed E-state index contributed by atoms with van der Waals surface area (Å²) >= 11 is 0. The fraction of sp³-hybridized carbons (Fsp3) is 0.360. The van der Waals surface area contributed by atoms with Gasteiger partial charge in [0.25, 0.3) is 0 Å². The Balaban J connectivity index is 1.44. The lowest BCUT2D eigenvalue weighted by Gasteiger charge is -2.38. The predicted octanol–water partition coefficient (Wildman–Crippen LogP) is 3.22. The van der Waals surface area contributed by atoms with Gasteiger partial charge < -0.3 is 15.6 Å². The highest BCUT2D eigenvalue weighted by molar-refractivity contribution is 6.00. The molecule has 6 heterocycles. The number of aromatic amines is 1. The third-order valence-electron chi connectivity index (χ3n) is 7.36. The zero-order chi connectivity index (χ0) is 24.3. The smallest absolute Gasteiger partial charge is 0.219 e. The molecule has 0 spiro atoms. The molecule has 2 aliphatic rings. The monoisotopic (exact) mass is 470 g/mol. The van der Waals surface area contributed by atoms with E-state index in [0.29, 0.717) is 28.5 Å². The molecule has 1 amide bonds. The maximum Gasteiger partial charge on any atom is 0.219 e. The van der Waals surface area contributed by atoms with Crippen LogP contribution in [0.3, 0.4) is 0 Å². The molecule has 6 rings (SSSR count). The summed E-state index contributed by atoms with van der Waals surface area (Å²) in [5.41, 5.74) is 10.6. The fourth-order valence-corrected chi connectivity index (χ4v) is 5.91. The number of nitrogens with one attached hydrogen (secondary N) is 1. The minimum Gasteiger partial charge on any atom is -0.383 e. The first kappa shape index (κ1) is 21.5. The van der Waals surface area contributed by atoms with Crippen LogP contribution in [0.2, 0.25) is 0 Å². The van der Waals surface area contributed by atoms with Gasteiger partial charge in [-0.1, -0.05) is 6.07 Å². The van der Waals surface area contributed by atoms with E-state index in [1.54, 1.807) is 31.7 Å². The number of carbonyl (C=O) groups excluding carboxylic acids is 2. The van der Waals surface area contributed by atoms with Gasteiger partial charge in [-0.15, -0.1) is 0 Å². The van der Waals surface area contributed by atoms with Gasteiger partial charge in [-0.3, -0.25) is 14.6 Å². The number of nitrogen functional groups attached to an aromatic ring is 1. The Labute approximate surface area is 201 Å². The van der Waals surface area contributed by atoms with Gasteiger partial charge in [0, 0.05) is 54.6 Å². The lowest BCUT2D eigenvalue weighted by Crippen LogP contribution is -2.45. The van der Waals surface area contributed by atoms with Gasteiger partial charge in [0.05, 0.1) is 17.5 Å². The molecule has 4 aromatic rings. The third kappa shape index (κ3) is 3.39. The van der Waals surface area contributed by atoms with E-state index in [-0.39, 0.29) is 29.7 Å². The SMILES string of the molecule is CC(=O)c1c([C@H]2C[C@H]3CC[C@@H](C2)N3C(C)=O)nc2c(-c3ccc(-c4ncc[nH]4)nc3)cnn2c1N. The number of piperidine rings is 1. The molecule has 3 atom stereocenters. The summed E-state index contributed by atoms with van der Waals surface area (Å²) in [6.45, 7) is 3.16. The number of nitrogens with zero attached hydrogens (tertiary/aromatic N) is 6. The molecule has 3 N–H and O–H groups in total. The normalized spacial score (nSPS) is 21.5. The van der Waals surface area contributed by atoms with Gasteiger partial charge in [0.1, 0.15) is 11.5 Å².